The van der Waals surface area contributed by atoms with Crippen LogP contribution in [0.25, 0.3) is 0 Å². The van der Waals surface area contributed by atoms with Crippen molar-refractivity contribution in [1.29, 1.82) is 0 Å². The fourth-order valence-corrected chi connectivity index (χ4v) is 2.85. The highest BCUT2D eigenvalue weighted by Crippen LogP contribution is 2.26. The molecule has 0 amide bonds. The lowest BCUT2D eigenvalue weighted by Gasteiger charge is -2.29. The third-order valence-electron chi connectivity index (χ3n) is 3.24. The highest BCUT2D eigenvalue weighted by molar-refractivity contribution is 7.86. The summed E-state index contributed by atoms with van der Waals surface area (Å²) in [6.45, 7) is 1.79. The van der Waals surface area contributed by atoms with Gasteiger partial charge in [-0.25, -0.2) is 4.18 Å². The van der Waals surface area contributed by atoms with Gasteiger partial charge in [-0.2, -0.15) is 8.42 Å². The number of aliphatic carboxylic acids is 1. The van der Waals surface area contributed by atoms with Gasteiger partial charge in [-0.1, -0.05) is 34.6 Å². The average Bonchev–Trinajstić information content (AvgIpc) is 2.22. The molecule has 0 aromatic rings. The van der Waals surface area contributed by atoms with E-state index in [1.165, 1.54) is 0 Å². The Kier molecular flexibility index (Phi) is 10.9. The first-order chi connectivity index (χ1) is 8.83. The summed E-state index contributed by atoms with van der Waals surface area (Å²) in [6.07, 6.45) is 3.79. The van der Waals surface area contributed by atoms with Crippen LogP contribution >= 0.6 is 0 Å². The first-order valence-corrected chi connectivity index (χ1v) is 8.41. The van der Waals surface area contributed by atoms with Crippen molar-refractivity contribution in [2.45, 2.75) is 72.7 Å². The molecule has 1 aliphatic rings. The first-order valence-electron chi connectivity index (χ1n) is 6.60. The Bertz CT molecular complexity index is 392. The Morgan fingerprint density at radius 2 is 1.86 bits per heavy atom. The third kappa shape index (κ3) is 8.38. The monoisotopic (exact) mass is 326 g/mol. The van der Waals surface area contributed by atoms with E-state index in [0.29, 0.717) is 19.3 Å². The molecule has 6 nitrogen and oxygen atoms in total. The van der Waals surface area contributed by atoms with E-state index >= 15 is 0 Å². The molecule has 1 heterocycles. The van der Waals surface area contributed by atoms with Gasteiger partial charge in [0.2, 0.25) is 0 Å². The summed E-state index contributed by atoms with van der Waals surface area (Å²) in [4.78, 5) is 11.2. The summed E-state index contributed by atoms with van der Waals surface area (Å²) in [5.74, 6) is -1.53. The van der Waals surface area contributed by atoms with Crippen molar-refractivity contribution in [3.8, 4) is 0 Å². The number of carboxylic acids is 1. The van der Waals surface area contributed by atoms with Crippen LogP contribution in [0, 0.1) is 5.92 Å². The molecule has 1 saturated heterocycles. The first kappa shape index (κ1) is 22.6. The average molecular weight is 326 g/mol. The molecule has 0 aliphatic carbocycles. The third-order valence-corrected chi connectivity index (χ3v) is 3.81. The molecular weight excluding hydrogens is 296 g/mol. The van der Waals surface area contributed by atoms with Crippen molar-refractivity contribution in [2.24, 2.45) is 5.92 Å². The molecule has 0 bridgehead atoms. The van der Waals surface area contributed by atoms with Gasteiger partial charge in [0.25, 0.3) is 10.1 Å². The fourth-order valence-electron chi connectivity index (χ4n) is 2.32. The van der Waals surface area contributed by atoms with Crippen LogP contribution in [-0.2, 0) is 23.8 Å². The molecule has 0 aromatic heterocycles. The number of carbonyl (C=O) groups is 1. The van der Waals surface area contributed by atoms with Crippen LogP contribution in [0.4, 0.5) is 0 Å². The predicted octanol–water partition coefficient (Wildman–Crippen LogP) is 3.02. The van der Waals surface area contributed by atoms with Crippen LogP contribution in [0.5, 0.6) is 0 Å². The van der Waals surface area contributed by atoms with E-state index in [9.17, 15) is 13.2 Å². The normalized spacial score (nSPS) is 24.7. The summed E-state index contributed by atoms with van der Waals surface area (Å²) in [6, 6.07) is 0. The largest absolute Gasteiger partial charge is 0.481 e. The summed E-state index contributed by atoms with van der Waals surface area (Å²) < 4.78 is 32.8. The highest BCUT2D eigenvalue weighted by Gasteiger charge is 2.31. The Labute approximate surface area is 129 Å². The minimum Gasteiger partial charge on any atom is -0.481 e. The quantitative estimate of drug-likeness (QED) is 0.781. The second-order valence-corrected chi connectivity index (χ2v) is 6.50. The van der Waals surface area contributed by atoms with Crippen molar-refractivity contribution in [3.05, 3.63) is 0 Å². The topological polar surface area (TPSA) is 89.9 Å². The van der Waals surface area contributed by atoms with Crippen LogP contribution in [-0.4, -0.2) is 38.1 Å². The molecule has 0 saturated carbocycles. The minimum absolute atomic E-state index is 0. The maximum Gasteiger partial charge on any atom is 0.309 e. The van der Waals surface area contributed by atoms with E-state index in [-0.39, 0.29) is 14.9 Å². The molecule has 128 valence electrons. The zero-order chi connectivity index (χ0) is 14.5. The molecular formula is C14H30O6S. The van der Waals surface area contributed by atoms with Crippen LogP contribution < -0.4 is 0 Å². The lowest BCUT2D eigenvalue weighted by Crippen LogP contribution is -2.36. The van der Waals surface area contributed by atoms with Gasteiger partial charge in [0.15, 0.2) is 6.29 Å². The molecule has 1 aliphatic heterocycles. The van der Waals surface area contributed by atoms with E-state index in [2.05, 4.69) is 0 Å². The summed E-state index contributed by atoms with van der Waals surface area (Å²) in [5, 5.41) is 9.17. The van der Waals surface area contributed by atoms with Gasteiger partial charge in [0.05, 0.1) is 18.3 Å². The number of rotatable bonds is 5. The standard InChI is InChI=1S/C12H22O6S.2CH4/c1-3-9(12(13)14)10-7-5-4-6-8-11(17-10)18-19(2,15)16;;/h9-11H,3-8H2,1-2H3,(H,13,14);2*1H4. The van der Waals surface area contributed by atoms with E-state index in [4.69, 9.17) is 14.0 Å². The van der Waals surface area contributed by atoms with Gasteiger partial charge in [0, 0.05) is 0 Å². The molecule has 7 heteroatoms. The molecule has 1 N–H and O–H groups in total. The molecule has 3 unspecified atom stereocenters. The molecule has 3 atom stereocenters. The number of hydrogen-bond donors (Lipinski definition) is 1. The van der Waals surface area contributed by atoms with Gasteiger partial charge in [-0.05, 0) is 25.7 Å². The Hall–Kier alpha value is -0.660. The Morgan fingerprint density at radius 3 is 2.33 bits per heavy atom. The summed E-state index contributed by atoms with van der Waals surface area (Å²) in [7, 11) is -3.60. The fraction of sp³-hybridized carbons (Fsp3) is 0.929. The van der Waals surface area contributed by atoms with Gasteiger partial charge < -0.3 is 9.84 Å². The number of hydrogen-bond acceptors (Lipinski definition) is 5. The zero-order valence-electron chi connectivity index (χ0n) is 11.4. The maximum atomic E-state index is 11.2. The van der Waals surface area contributed by atoms with E-state index in [1.54, 1.807) is 6.92 Å². The molecule has 0 radical (unpaired) electrons. The lowest BCUT2D eigenvalue weighted by molar-refractivity contribution is -0.167. The smallest absolute Gasteiger partial charge is 0.309 e. The molecule has 1 rings (SSSR count). The molecule has 1 fully saturated rings. The van der Waals surface area contributed by atoms with Crippen LogP contribution in [0.3, 0.4) is 0 Å². The van der Waals surface area contributed by atoms with Gasteiger partial charge in [0.1, 0.15) is 0 Å². The van der Waals surface area contributed by atoms with Crippen LogP contribution in [0.1, 0.15) is 60.3 Å². The predicted molar refractivity (Wildman–Crippen MR) is 82.6 cm³/mol. The highest BCUT2D eigenvalue weighted by atomic mass is 32.2. The van der Waals surface area contributed by atoms with Crippen molar-refractivity contribution in [3.63, 3.8) is 0 Å². The second kappa shape index (κ2) is 10.1. The van der Waals surface area contributed by atoms with E-state index < -0.39 is 34.4 Å². The van der Waals surface area contributed by atoms with Crippen LogP contribution in [0.2, 0.25) is 0 Å². The Morgan fingerprint density at radius 1 is 1.29 bits per heavy atom. The second-order valence-electron chi connectivity index (χ2n) is 4.90. The zero-order valence-corrected chi connectivity index (χ0v) is 12.2. The van der Waals surface area contributed by atoms with Crippen molar-refractivity contribution in [1.82, 2.24) is 0 Å². The SMILES string of the molecule is C.C.CCC(C(=O)O)C1CCCCCC(OS(C)(=O)=O)O1. The van der Waals surface area contributed by atoms with Gasteiger partial charge in [-0.3, -0.25) is 4.79 Å². The maximum absolute atomic E-state index is 11.2. The Balaban J connectivity index is 0. The minimum atomic E-state index is -3.60. The van der Waals surface area contributed by atoms with Gasteiger partial charge >= 0.3 is 5.97 Å². The van der Waals surface area contributed by atoms with Crippen molar-refractivity contribution >= 4 is 16.1 Å². The number of ether oxygens (including phenoxy) is 1. The van der Waals surface area contributed by atoms with E-state index in [0.717, 1.165) is 25.5 Å². The van der Waals surface area contributed by atoms with Crippen molar-refractivity contribution < 1.29 is 27.2 Å². The van der Waals surface area contributed by atoms with Gasteiger partial charge in [-0.15, -0.1) is 0 Å². The molecule has 21 heavy (non-hydrogen) atoms. The summed E-state index contributed by atoms with van der Waals surface area (Å²) >= 11 is 0. The van der Waals surface area contributed by atoms with Crippen molar-refractivity contribution in [2.75, 3.05) is 6.26 Å². The molecule has 0 spiro atoms. The summed E-state index contributed by atoms with van der Waals surface area (Å²) in [5.41, 5.74) is 0. The molecule has 0 aromatic carbocycles. The van der Waals surface area contributed by atoms with Crippen LogP contribution in [0.15, 0.2) is 0 Å². The van der Waals surface area contributed by atoms with E-state index in [1.807, 2.05) is 0 Å². The number of carboxylic acid groups (broad SMARTS) is 1. The lowest BCUT2D eigenvalue weighted by atomic mass is 9.93.